The van der Waals surface area contributed by atoms with E-state index in [0.29, 0.717) is 6.42 Å². The third-order valence-corrected chi connectivity index (χ3v) is 4.26. The fourth-order valence-electron chi connectivity index (χ4n) is 2.87. The lowest BCUT2D eigenvalue weighted by Crippen LogP contribution is -2.00. The molecule has 4 heteroatoms. The molecule has 0 N–H and O–H groups in total. The van der Waals surface area contributed by atoms with Crippen LogP contribution in [0.25, 0.3) is 6.08 Å². The van der Waals surface area contributed by atoms with E-state index >= 15 is 0 Å². The van der Waals surface area contributed by atoms with Crippen LogP contribution in [0.3, 0.4) is 0 Å². The molecule has 0 radical (unpaired) electrons. The highest BCUT2D eigenvalue weighted by Crippen LogP contribution is 2.20. The number of unbranched alkanes of at least 4 members (excludes halogenated alkanes) is 1. The molecule has 2 rings (SSSR count). The molecule has 0 aliphatic carbocycles. The lowest BCUT2D eigenvalue weighted by Gasteiger charge is -2.06. The zero-order valence-corrected chi connectivity index (χ0v) is 15.0. The number of halogens is 4. The van der Waals surface area contributed by atoms with Gasteiger partial charge in [0.1, 0.15) is 5.82 Å². The van der Waals surface area contributed by atoms with E-state index in [9.17, 15) is 17.6 Å². The van der Waals surface area contributed by atoms with Crippen molar-refractivity contribution < 1.29 is 17.6 Å². The molecule has 0 saturated carbocycles. The summed E-state index contributed by atoms with van der Waals surface area (Å²) >= 11 is 0. The van der Waals surface area contributed by atoms with Gasteiger partial charge in [-0.15, -0.1) is 0 Å². The summed E-state index contributed by atoms with van der Waals surface area (Å²) in [6, 6.07) is 13.1. The first-order chi connectivity index (χ1) is 12.4. The second-order valence-corrected chi connectivity index (χ2v) is 6.50. The second-order valence-electron chi connectivity index (χ2n) is 6.50. The number of alkyl halides is 3. The van der Waals surface area contributed by atoms with Crippen molar-refractivity contribution in [2.24, 2.45) is 0 Å². The Morgan fingerprint density at radius 2 is 1.35 bits per heavy atom. The number of allylic oxidation sites excluding steroid dienone is 1. The first kappa shape index (κ1) is 20.2. The highest BCUT2D eigenvalue weighted by molar-refractivity contribution is 5.51. The molecule has 0 heterocycles. The highest BCUT2D eigenvalue weighted by Gasteiger charge is 2.22. The molecule has 0 bridgehead atoms. The van der Waals surface area contributed by atoms with Crippen LogP contribution < -0.4 is 0 Å². The fraction of sp³-hybridized carbons (Fsp3) is 0.364. The Morgan fingerprint density at radius 3 is 1.88 bits per heavy atom. The largest absolute Gasteiger partial charge is 0.409 e. The molecule has 0 atom stereocenters. The normalized spacial score (nSPS) is 12.0. The standard InChI is InChI=1S/C22H24F4/c1-2-5-17-8-10-18(11-9-17)6-3-4-7-19-12-13-20(21(23)16-19)14-15-22(24,25)26/h8-16H,2-7H2,1H3/b15-14+. The van der Waals surface area contributed by atoms with E-state index in [-0.39, 0.29) is 11.6 Å². The van der Waals surface area contributed by atoms with Gasteiger partial charge in [0.05, 0.1) is 0 Å². The summed E-state index contributed by atoms with van der Waals surface area (Å²) in [5.41, 5.74) is 3.42. The highest BCUT2D eigenvalue weighted by atomic mass is 19.4. The van der Waals surface area contributed by atoms with E-state index in [1.54, 1.807) is 6.07 Å². The summed E-state index contributed by atoms with van der Waals surface area (Å²) in [6.45, 7) is 2.16. The van der Waals surface area contributed by atoms with Gasteiger partial charge < -0.3 is 0 Å². The van der Waals surface area contributed by atoms with Gasteiger partial charge in [-0.25, -0.2) is 4.39 Å². The molecule has 2 aromatic rings. The van der Waals surface area contributed by atoms with Crippen molar-refractivity contribution in [2.45, 2.75) is 51.6 Å². The summed E-state index contributed by atoms with van der Waals surface area (Å²) in [7, 11) is 0. The molecule has 0 aromatic heterocycles. The van der Waals surface area contributed by atoms with Gasteiger partial charge in [0.15, 0.2) is 0 Å². The van der Waals surface area contributed by atoms with Crippen molar-refractivity contribution in [3.05, 3.63) is 76.6 Å². The van der Waals surface area contributed by atoms with E-state index in [0.717, 1.165) is 43.7 Å². The molecule has 0 amide bonds. The molecule has 0 unspecified atom stereocenters. The summed E-state index contributed by atoms with van der Waals surface area (Å²) in [6.07, 6.45) is 2.21. The minimum absolute atomic E-state index is 0.0433. The summed E-state index contributed by atoms with van der Waals surface area (Å²) in [4.78, 5) is 0. The van der Waals surface area contributed by atoms with Crippen molar-refractivity contribution in [1.29, 1.82) is 0 Å². The summed E-state index contributed by atoms with van der Waals surface area (Å²) in [5.74, 6) is -0.616. The molecule has 140 valence electrons. The van der Waals surface area contributed by atoms with Gasteiger partial charge in [0.2, 0.25) is 0 Å². The minimum atomic E-state index is -4.43. The zero-order chi connectivity index (χ0) is 19.0. The Hall–Kier alpha value is -2.10. The van der Waals surface area contributed by atoms with E-state index in [1.165, 1.54) is 23.3 Å². The van der Waals surface area contributed by atoms with Gasteiger partial charge >= 0.3 is 6.18 Å². The van der Waals surface area contributed by atoms with Gasteiger partial charge in [-0.1, -0.05) is 49.7 Å². The predicted molar refractivity (Wildman–Crippen MR) is 98.6 cm³/mol. The maximum atomic E-state index is 13.9. The Kier molecular flexibility index (Phi) is 7.43. The number of benzene rings is 2. The Balaban J connectivity index is 1.80. The van der Waals surface area contributed by atoms with Crippen molar-refractivity contribution in [1.82, 2.24) is 0 Å². The second kappa shape index (κ2) is 9.56. The van der Waals surface area contributed by atoms with Crippen LogP contribution in [-0.4, -0.2) is 6.18 Å². The number of aryl methyl sites for hydroxylation is 3. The molecule has 0 aliphatic rings. The lowest BCUT2D eigenvalue weighted by atomic mass is 10.0. The maximum absolute atomic E-state index is 13.9. The predicted octanol–water partition coefficient (Wildman–Crippen LogP) is 6.92. The molecule has 0 spiro atoms. The number of hydrogen-bond donors (Lipinski definition) is 0. The lowest BCUT2D eigenvalue weighted by molar-refractivity contribution is -0.0790. The van der Waals surface area contributed by atoms with E-state index in [1.807, 2.05) is 0 Å². The van der Waals surface area contributed by atoms with Crippen LogP contribution >= 0.6 is 0 Å². The van der Waals surface area contributed by atoms with Crippen LogP contribution in [0.15, 0.2) is 48.5 Å². The number of rotatable bonds is 8. The fourth-order valence-corrected chi connectivity index (χ4v) is 2.87. The quantitative estimate of drug-likeness (QED) is 0.352. The first-order valence-corrected chi connectivity index (χ1v) is 8.99. The Bertz CT molecular complexity index is 712. The van der Waals surface area contributed by atoms with Crippen LogP contribution in [0, 0.1) is 5.82 Å². The van der Waals surface area contributed by atoms with Gasteiger partial charge in [-0.3, -0.25) is 0 Å². The smallest absolute Gasteiger partial charge is 0.206 e. The average molecular weight is 364 g/mol. The number of hydrogen-bond acceptors (Lipinski definition) is 0. The van der Waals surface area contributed by atoms with Gasteiger partial charge in [0.25, 0.3) is 0 Å². The monoisotopic (exact) mass is 364 g/mol. The molecule has 26 heavy (non-hydrogen) atoms. The van der Waals surface area contributed by atoms with E-state index in [2.05, 4.69) is 31.2 Å². The van der Waals surface area contributed by atoms with E-state index in [4.69, 9.17) is 0 Å². The van der Waals surface area contributed by atoms with E-state index < -0.39 is 12.0 Å². The topological polar surface area (TPSA) is 0 Å². The zero-order valence-electron chi connectivity index (χ0n) is 15.0. The first-order valence-electron chi connectivity index (χ1n) is 8.99. The maximum Gasteiger partial charge on any atom is 0.409 e. The van der Waals surface area contributed by atoms with Crippen LogP contribution in [0.5, 0.6) is 0 Å². The summed E-state index contributed by atoms with van der Waals surface area (Å²) < 4.78 is 50.3. The van der Waals surface area contributed by atoms with Crippen LogP contribution in [0.4, 0.5) is 17.6 Å². The molecular formula is C22H24F4. The third kappa shape index (κ3) is 7.03. The molecule has 0 fully saturated rings. The van der Waals surface area contributed by atoms with Crippen molar-refractivity contribution in [3.8, 4) is 0 Å². The Morgan fingerprint density at radius 1 is 0.808 bits per heavy atom. The molecule has 0 nitrogen and oxygen atoms in total. The van der Waals surface area contributed by atoms with Gasteiger partial charge in [0, 0.05) is 11.6 Å². The van der Waals surface area contributed by atoms with Crippen LogP contribution in [0.2, 0.25) is 0 Å². The average Bonchev–Trinajstić information content (AvgIpc) is 2.59. The molecule has 0 aliphatic heterocycles. The van der Waals surface area contributed by atoms with Crippen molar-refractivity contribution in [3.63, 3.8) is 0 Å². The molecular weight excluding hydrogens is 340 g/mol. The van der Waals surface area contributed by atoms with Gasteiger partial charge in [-0.05, 0) is 60.9 Å². The molecule has 2 aromatic carbocycles. The minimum Gasteiger partial charge on any atom is -0.206 e. The SMILES string of the molecule is CCCc1ccc(CCCCc2ccc(/C=C/C(F)(F)F)c(F)c2)cc1. The van der Waals surface area contributed by atoms with Gasteiger partial charge in [-0.2, -0.15) is 13.2 Å². The summed E-state index contributed by atoms with van der Waals surface area (Å²) in [5, 5.41) is 0. The van der Waals surface area contributed by atoms with Crippen molar-refractivity contribution in [2.75, 3.05) is 0 Å². The third-order valence-electron chi connectivity index (χ3n) is 4.26. The van der Waals surface area contributed by atoms with Crippen molar-refractivity contribution >= 4 is 6.08 Å². The molecule has 0 saturated heterocycles. The van der Waals surface area contributed by atoms with Crippen LogP contribution in [0.1, 0.15) is 48.4 Å². The van der Waals surface area contributed by atoms with Crippen LogP contribution in [-0.2, 0) is 19.3 Å². The Labute approximate surface area is 152 Å².